The summed E-state index contributed by atoms with van der Waals surface area (Å²) >= 11 is 0. The molecule has 0 spiro atoms. The topological polar surface area (TPSA) is 51.6 Å². The molecule has 11 aromatic rings. The Balaban J connectivity index is 0.991. The van der Waals surface area contributed by atoms with Gasteiger partial charge in [0.2, 0.25) is 0 Å². The van der Waals surface area contributed by atoms with E-state index in [4.69, 9.17) is 19.9 Å². The first kappa shape index (κ1) is 36.7. The van der Waals surface area contributed by atoms with Crippen LogP contribution >= 0.6 is 0 Å². The number of nitrogens with zero attached hydrogens (tertiary/aromatic N) is 4. The average molecular weight is 791 g/mol. The first-order valence-corrected chi connectivity index (χ1v) is 20.9. The van der Waals surface area contributed by atoms with Gasteiger partial charge in [0.25, 0.3) is 0 Å². The van der Waals surface area contributed by atoms with Crippen LogP contribution in [-0.2, 0) is 0 Å². The van der Waals surface area contributed by atoms with E-state index in [2.05, 4.69) is 212 Å². The Bertz CT molecular complexity index is 3280. The van der Waals surface area contributed by atoms with Crippen LogP contribution in [0.5, 0.6) is 0 Å². The Morgan fingerprint density at radius 1 is 0.226 bits per heavy atom. The second kappa shape index (κ2) is 16.0. The van der Waals surface area contributed by atoms with Gasteiger partial charge in [0.1, 0.15) is 0 Å². The molecule has 0 aliphatic rings. The van der Waals surface area contributed by atoms with Crippen LogP contribution < -0.4 is 0 Å². The van der Waals surface area contributed by atoms with Crippen LogP contribution in [0, 0.1) is 0 Å². The lowest BCUT2D eigenvalue weighted by atomic mass is 9.91. The Labute approximate surface area is 360 Å². The van der Waals surface area contributed by atoms with E-state index in [0.717, 1.165) is 83.2 Å². The summed E-state index contributed by atoms with van der Waals surface area (Å²) in [7, 11) is 0. The molecular formula is C58H38N4. The number of pyridine rings is 1. The maximum absolute atomic E-state index is 5.17. The summed E-state index contributed by atoms with van der Waals surface area (Å²) in [5.41, 5.74) is 14.9. The number of rotatable bonds is 8. The summed E-state index contributed by atoms with van der Waals surface area (Å²) in [6.07, 6.45) is 0. The van der Waals surface area contributed by atoms with Gasteiger partial charge in [-0.05, 0) is 68.8 Å². The number of para-hydroxylation sites is 1. The summed E-state index contributed by atoms with van der Waals surface area (Å²) in [6, 6.07) is 80.6. The van der Waals surface area contributed by atoms with Crippen molar-refractivity contribution in [2.24, 2.45) is 0 Å². The number of benzene rings is 9. The molecule has 0 atom stereocenters. The Hall–Kier alpha value is -8.34. The fraction of sp³-hybridized carbons (Fsp3) is 0. The molecule has 0 saturated heterocycles. The van der Waals surface area contributed by atoms with Crippen molar-refractivity contribution < 1.29 is 0 Å². The zero-order valence-corrected chi connectivity index (χ0v) is 33.7. The van der Waals surface area contributed by atoms with Crippen molar-refractivity contribution in [2.45, 2.75) is 0 Å². The summed E-state index contributed by atoms with van der Waals surface area (Å²) in [6.45, 7) is 0. The minimum Gasteiger partial charge on any atom is -0.247 e. The molecule has 9 aromatic carbocycles. The van der Waals surface area contributed by atoms with Crippen molar-refractivity contribution in [3.63, 3.8) is 0 Å². The monoisotopic (exact) mass is 790 g/mol. The van der Waals surface area contributed by atoms with Crippen LogP contribution in [0.1, 0.15) is 0 Å². The predicted molar refractivity (Wildman–Crippen MR) is 256 cm³/mol. The SMILES string of the molecule is c1ccc(-c2cccc(-c3nc(-c4ccc(-c5cccc(-c6cccc7c(-c8ccccc8)nc8ccccc8c67)c5)cc4)nc(-c4cccc(-c5ccccc5)c4)n3)c2)cc1. The maximum atomic E-state index is 5.17. The van der Waals surface area contributed by atoms with Gasteiger partial charge in [-0.3, -0.25) is 0 Å². The fourth-order valence-corrected chi connectivity index (χ4v) is 8.44. The van der Waals surface area contributed by atoms with E-state index >= 15 is 0 Å². The Morgan fingerprint density at radius 3 is 1.19 bits per heavy atom. The first-order chi connectivity index (χ1) is 30.7. The van der Waals surface area contributed by atoms with E-state index in [1.165, 1.54) is 10.9 Å². The summed E-state index contributed by atoms with van der Waals surface area (Å²) in [5.74, 6) is 1.86. The van der Waals surface area contributed by atoms with Crippen molar-refractivity contribution in [3.8, 4) is 89.9 Å². The van der Waals surface area contributed by atoms with E-state index in [-0.39, 0.29) is 0 Å². The van der Waals surface area contributed by atoms with Crippen LogP contribution in [0.2, 0.25) is 0 Å². The smallest absolute Gasteiger partial charge is 0.164 e. The quantitative estimate of drug-likeness (QED) is 0.144. The molecule has 2 aromatic heterocycles. The van der Waals surface area contributed by atoms with Crippen molar-refractivity contribution >= 4 is 21.7 Å². The lowest BCUT2D eigenvalue weighted by molar-refractivity contribution is 1.07. The molecule has 2 heterocycles. The minimum atomic E-state index is 0.617. The van der Waals surface area contributed by atoms with Crippen molar-refractivity contribution in [1.82, 2.24) is 19.9 Å². The lowest BCUT2D eigenvalue weighted by Gasteiger charge is -2.15. The van der Waals surface area contributed by atoms with Gasteiger partial charge in [0.05, 0.1) is 11.2 Å². The third kappa shape index (κ3) is 7.10. The highest BCUT2D eigenvalue weighted by atomic mass is 15.0. The van der Waals surface area contributed by atoms with Gasteiger partial charge in [-0.2, -0.15) is 0 Å². The Kier molecular flexibility index (Phi) is 9.49. The molecular weight excluding hydrogens is 753 g/mol. The fourth-order valence-electron chi connectivity index (χ4n) is 8.44. The van der Waals surface area contributed by atoms with Crippen molar-refractivity contribution in [3.05, 3.63) is 231 Å². The summed E-state index contributed by atoms with van der Waals surface area (Å²) in [5, 5.41) is 3.48. The molecule has 0 amide bonds. The molecule has 4 nitrogen and oxygen atoms in total. The molecule has 0 aliphatic carbocycles. The van der Waals surface area contributed by atoms with Crippen LogP contribution in [0.15, 0.2) is 231 Å². The molecule has 0 N–H and O–H groups in total. The van der Waals surface area contributed by atoms with E-state index in [1.54, 1.807) is 0 Å². The van der Waals surface area contributed by atoms with Crippen LogP contribution in [0.3, 0.4) is 0 Å². The highest BCUT2D eigenvalue weighted by molar-refractivity contribution is 6.17. The van der Waals surface area contributed by atoms with Gasteiger partial charge in [-0.1, -0.05) is 206 Å². The van der Waals surface area contributed by atoms with Crippen LogP contribution in [0.25, 0.3) is 112 Å². The van der Waals surface area contributed by atoms with Gasteiger partial charge in [0.15, 0.2) is 17.5 Å². The van der Waals surface area contributed by atoms with Gasteiger partial charge < -0.3 is 0 Å². The molecule has 290 valence electrons. The highest BCUT2D eigenvalue weighted by Crippen LogP contribution is 2.40. The molecule has 0 saturated carbocycles. The standard InChI is InChI=1S/C58H38N4/c1-4-16-39(17-5-1)45-23-13-26-48(37-45)57-60-56(61-58(62-57)49-27-14-24-46(38-49)40-18-6-2-7-19-40)43-34-32-41(33-35-43)44-22-12-25-47(36-44)50-29-15-30-52-54(50)51-28-10-11-31-53(51)59-55(52)42-20-8-3-9-21-42/h1-38H. The van der Waals surface area contributed by atoms with E-state index < -0.39 is 0 Å². The van der Waals surface area contributed by atoms with Gasteiger partial charge in [0, 0.05) is 38.4 Å². The third-order valence-corrected chi connectivity index (χ3v) is 11.5. The predicted octanol–water partition coefficient (Wildman–Crippen LogP) is 14.9. The number of hydrogen-bond donors (Lipinski definition) is 0. The average Bonchev–Trinajstić information content (AvgIpc) is 3.36. The molecule has 0 radical (unpaired) electrons. The first-order valence-electron chi connectivity index (χ1n) is 20.9. The number of aromatic nitrogens is 4. The second-order valence-electron chi connectivity index (χ2n) is 15.4. The number of hydrogen-bond acceptors (Lipinski definition) is 4. The molecule has 0 fully saturated rings. The second-order valence-corrected chi connectivity index (χ2v) is 15.4. The van der Waals surface area contributed by atoms with E-state index in [1.807, 2.05) is 18.2 Å². The summed E-state index contributed by atoms with van der Waals surface area (Å²) < 4.78 is 0. The third-order valence-electron chi connectivity index (χ3n) is 11.5. The molecule has 0 bridgehead atoms. The lowest BCUT2D eigenvalue weighted by Crippen LogP contribution is -2.00. The van der Waals surface area contributed by atoms with Gasteiger partial charge in [-0.15, -0.1) is 0 Å². The molecule has 4 heteroatoms. The van der Waals surface area contributed by atoms with Crippen molar-refractivity contribution in [2.75, 3.05) is 0 Å². The zero-order valence-electron chi connectivity index (χ0n) is 33.7. The normalized spacial score (nSPS) is 11.2. The molecule has 0 aliphatic heterocycles. The largest absolute Gasteiger partial charge is 0.247 e. The molecule has 0 unspecified atom stereocenters. The highest BCUT2D eigenvalue weighted by Gasteiger charge is 2.17. The van der Waals surface area contributed by atoms with Gasteiger partial charge >= 0.3 is 0 Å². The zero-order chi connectivity index (χ0) is 41.2. The minimum absolute atomic E-state index is 0.617. The van der Waals surface area contributed by atoms with Crippen LogP contribution in [-0.4, -0.2) is 19.9 Å². The van der Waals surface area contributed by atoms with E-state index in [0.29, 0.717) is 17.5 Å². The van der Waals surface area contributed by atoms with E-state index in [9.17, 15) is 0 Å². The van der Waals surface area contributed by atoms with Gasteiger partial charge in [-0.25, -0.2) is 19.9 Å². The van der Waals surface area contributed by atoms with Crippen LogP contribution in [0.4, 0.5) is 0 Å². The summed E-state index contributed by atoms with van der Waals surface area (Å²) in [4.78, 5) is 20.5. The Morgan fingerprint density at radius 2 is 0.613 bits per heavy atom. The molecule has 11 rings (SSSR count). The maximum Gasteiger partial charge on any atom is 0.164 e. The number of fused-ring (bicyclic) bond motifs is 3. The molecule has 62 heavy (non-hydrogen) atoms. The van der Waals surface area contributed by atoms with Crippen molar-refractivity contribution in [1.29, 1.82) is 0 Å².